The summed E-state index contributed by atoms with van der Waals surface area (Å²) in [5.41, 5.74) is 7.14. The normalized spacial score (nSPS) is 31.2. The first-order valence-electron chi connectivity index (χ1n) is 33.7. The Kier molecular flexibility index (Phi) is 22.3. The van der Waals surface area contributed by atoms with Gasteiger partial charge in [-0.15, -0.1) is 0 Å². The number of benzene rings is 4. The number of fused-ring (bicyclic) bond motifs is 3. The average Bonchev–Trinajstić information content (AvgIpc) is 1.58. The third kappa shape index (κ3) is 15.0. The van der Waals surface area contributed by atoms with Crippen LogP contribution in [0.3, 0.4) is 0 Å². The summed E-state index contributed by atoms with van der Waals surface area (Å²) < 4.78 is 63.7. The van der Waals surface area contributed by atoms with Gasteiger partial charge in [0.2, 0.25) is 0 Å². The first-order chi connectivity index (χ1) is 45.7. The van der Waals surface area contributed by atoms with E-state index in [1.807, 2.05) is 124 Å². The highest BCUT2D eigenvalue weighted by Gasteiger charge is 2.63. The molecule has 3 aromatic heterocycles. The number of esters is 3. The molecule has 504 valence electrons. The molecule has 0 amide bonds. The summed E-state index contributed by atoms with van der Waals surface area (Å²) in [5, 5.41) is 10.1. The zero-order valence-corrected chi connectivity index (χ0v) is 55.7. The summed E-state index contributed by atoms with van der Waals surface area (Å²) in [7, 11) is 0. The number of aliphatic hydroxyl groups is 1. The van der Waals surface area contributed by atoms with E-state index in [1.165, 1.54) is 36.4 Å². The van der Waals surface area contributed by atoms with Gasteiger partial charge in [0.05, 0.1) is 53.7 Å². The Morgan fingerprint density at radius 3 is 1.33 bits per heavy atom. The lowest BCUT2D eigenvalue weighted by Gasteiger charge is -2.47. The number of cyclic esters (lactones) is 3. The van der Waals surface area contributed by atoms with Crippen LogP contribution >= 0.6 is 0 Å². The molecule has 3 saturated carbocycles. The Labute approximate surface area is 564 Å². The van der Waals surface area contributed by atoms with Crippen LogP contribution in [-0.2, 0) is 39.9 Å². The maximum atomic E-state index is 13.6. The van der Waals surface area contributed by atoms with Gasteiger partial charge in [-0.2, -0.15) is 0 Å². The molecule has 14 heteroatoms. The van der Waals surface area contributed by atoms with Gasteiger partial charge in [0.1, 0.15) is 35.8 Å². The highest BCUT2D eigenvalue weighted by molar-refractivity contribution is 5.81. The number of pyridine rings is 3. The predicted octanol–water partition coefficient (Wildman–Crippen LogP) is 17.7. The van der Waals surface area contributed by atoms with Gasteiger partial charge in [-0.05, 0) is 188 Å². The van der Waals surface area contributed by atoms with E-state index < -0.39 is 10.8 Å². The first kappa shape index (κ1) is 70.5. The second-order valence-electron chi connectivity index (χ2n) is 28.0. The van der Waals surface area contributed by atoms with Crippen molar-refractivity contribution in [2.24, 2.45) is 87.8 Å². The number of aromatic nitrogens is 3. The molecule has 18 atom stereocenters. The molecule has 0 spiro atoms. The molecule has 6 aliphatic rings. The van der Waals surface area contributed by atoms with Crippen LogP contribution in [0.1, 0.15) is 112 Å². The standard InChI is InChI=1S/C32H34FNO3.C25H28FNO3.C24H26FNO2.CH4/c1-21-17-32(20-36-19-24-8-5-4-6-9-24)30(23(3)37-31(32)35)29(22(21)2)15-14-28-13-12-26(18-34-28)25-10-7-11-27(33)16-25;1-15-12-25(14-28)23(17(3)30-24(25)29)22(16(15)2)10-9-21-8-7-19(13-27-21)18-5-4-6-20(26)11-18;1-14-11-22-23(16(3)28-24(22)27)21(15(14)2)10-9-20-8-7-18(13-26-20)17-5-4-6-19(25)12-17;/h4-16,18,21-23,29-30H,17,19-20H2,1-3H3;4-11,13,15-17,22-23,28H,12,14H2,1-3H3;4-10,12-16,21-23H,11H2,1-3H3;1H4/b15-14+;2*10-9+;/t21-,22+,23+,29-,30-,32-;15-,16+,17+,22-,23-,25-;14-,15+,16+,21-,22+,23-;/m000./s1. The molecule has 6 fully saturated rings. The van der Waals surface area contributed by atoms with Gasteiger partial charge in [-0.3, -0.25) is 29.3 Å². The van der Waals surface area contributed by atoms with Crippen molar-refractivity contribution in [2.75, 3.05) is 13.2 Å². The fourth-order valence-corrected chi connectivity index (χ4v) is 16.6. The SMILES string of the molecule is C.C[C@H]1[C@H](/C=C/c2ccc(-c3cccc(F)c3)cn2)[C@@H]2[C@@H](C)OC(=O)[C@@H]2C[C@@H]1C.C[C@H]1[C@H](/C=C/c2ccc(-c3cccc(F)c3)cn2)[C@@H]2[C@@H](C)OC(=O)[C@]2(CO)C[C@@H]1C.C[C@H]1[C@H](/C=C/c2ccc(-c3cccc(F)c3)cn2)[C@@H]2[C@@H](C)OC(=O)[C@]2(COCc2ccccc2)C[C@@H]1C. The molecule has 11 nitrogen and oxygen atoms in total. The number of halogens is 3. The number of allylic oxidation sites excluding steroid dienone is 3. The van der Waals surface area contributed by atoms with Crippen LogP contribution in [0.4, 0.5) is 13.2 Å². The summed E-state index contributed by atoms with van der Waals surface area (Å²) in [5.74, 6) is 1.90. The molecule has 0 bridgehead atoms. The van der Waals surface area contributed by atoms with E-state index >= 15 is 0 Å². The molecule has 4 aromatic carbocycles. The molecular formula is C82H92F3N3O8. The minimum Gasteiger partial charge on any atom is -0.462 e. The molecule has 7 aromatic rings. The molecule has 0 radical (unpaired) electrons. The zero-order chi connectivity index (χ0) is 67.3. The zero-order valence-electron chi connectivity index (χ0n) is 55.7. The van der Waals surface area contributed by atoms with E-state index in [0.29, 0.717) is 61.1 Å². The lowest BCUT2D eigenvalue weighted by atomic mass is 9.55. The second kappa shape index (κ2) is 30.4. The summed E-state index contributed by atoms with van der Waals surface area (Å²) >= 11 is 0. The maximum Gasteiger partial charge on any atom is 0.315 e. The number of carbonyl (C=O) groups is 3. The summed E-state index contributed by atoms with van der Waals surface area (Å²) in [6.07, 6.45) is 19.8. The minimum absolute atomic E-state index is 0. The van der Waals surface area contributed by atoms with Crippen LogP contribution in [0.15, 0.2) is 176 Å². The number of nitrogens with zero attached hydrogens (tertiary/aromatic N) is 3. The van der Waals surface area contributed by atoms with Gasteiger partial charge in [-0.1, -0.05) is 152 Å². The molecule has 0 unspecified atom stereocenters. The fourth-order valence-electron chi connectivity index (χ4n) is 16.6. The number of hydrogen-bond acceptors (Lipinski definition) is 11. The highest BCUT2D eigenvalue weighted by Crippen LogP contribution is 2.58. The Hall–Kier alpha value is -8.33. The number of rotatable bonds is 14. The molecule has 6 heterocycles. The van der Waals surface area contributed by atoms with Crippen LogP contribution in [-0.4, -0.2) is 69.5 Å². The Balaban J connectivity index is 0.000000158. The molecule has 3 aliphatic carbocycles. The summed E-state index contributed by atoms with van der Waals surface area (Å²) in [4.78, 5) is 51.7. The Bertz CT molecular complexity index is 3900. The van der Waals surface area contributed by atoms with Crippen molar-refractivity contribution in [1.82, 2.24) is 15.0 Å². The van der Waals surface area contributed by atoms with Crippen molar-refractivity contribution in [3.63, 3.8) is 0 Å². The number of hydrogen-bond donors (Lipinski definition) is 1. The van der Waals surface area contributed by atoms with Crippen molar-refractivity contribution in [3.05, 3.63) is 216 Å². The first-order valence-corrected chi connectivity index (χ1v) is 33.7. The van der Waals surface area contributed by atoms with E-state index in [-0.39, 0.29) is 103 Å². The monoisotopic (exact) mass is 1300 g/mol. The van der Waals surface area contributed by atoms with Crippen LogP contribution in [0.25, 0.3) is 51.6 Å². The molecular weight excluding hydrogens is 1210 g/mol. The summed E-state index contributed by atoms with van der Waals surface area (Å²) in [6, 6.07) is 41.2. The van der Waals surface area contributed by atoms with Crippen LogP contribution in [0.2, 0.25) is 0 Å². The Morgan fingerprint density at radius 1 is 0.490 bits per heavy atom. The smallest absolute Gasteiger partial charge is 0.315 e. The van der Waals surface area contributed by atoms with Crippen LogP contribution < -0.4 is 0 Å². The second-order valence-corrected chi connectivity index (χ2v) is 28.0. The van der Waals surface area contributed by atoms with Gasteiger partial charge in [-0.25, -0.2) is 13.2 Å². The van der Waals surface area contributed by atoms with Gasteiger partial charge in [0.15, 0.2) is 0 Å². The quantitative estimate of drug-likeness (QED) is 0.0820. The van der Waals surface area contributed by atoms with Gasteiger partial charge >= 0.3 is 17.9 Å². The lowest BCUT2D eigenvalue weighted by Crippen LogP contribution is -2.50. The number of carbonyl (C=O) groups excluding carboxylic acids is 3. The van der Waals surface area contributed by atoms with Crippen LogP contribution in [0, 0.1) is 105 Å². The molecule has 13 rings (SSSR count). The van der Waals surface area contributed by atoms with Gasteiger partial charge < -0.3 is 24.1 Å². The predicted molar refractivity (Wildman–Crippen MR) is 371 cm³/mol. The van der Waals surface area contributed by atoms with Crippen molar-refractivity contribution in [1.29, 1.82) is 0 Å². The van der Waals surface area contributed by atoms with E-state index in [0.717, 1.165) is 68.9 Å². The fraction of sp³-hybridized carbons (Fsp3) is 0.415. The van der Waals surface area contributed by atoms with E-state index in [4.69, 9.17) is 18.9 Å². The summed E-state index contributed by atoms with van der Waals surface area (Å²) in [6.45, 7) is 19.9. The van der Waals surface area contributed by atoms with Gasteiger partial charge in [0.25, 0.3) is 0 Å². The van der Waals surface area contributed by atoms with Crippen LogP contribution in [0.5, 0.6) is 0 Å². The third-order valence-electron chi connectivity index (χ3n) is 22.1. The Morgan fingerprint density at radius 2 is 0.906 bits per heavy atom. The lowest BCUT2D eigenvalue weighted by molar-refractivity contribution is -0.155. The highest BCUT2D eigenvalue weighted by atomic mass is 19.1. The number of aliphatic hydroxyl groups excluding tert-OH is 1. The molecule has 1 N–H and O–H groups in total. The molecule has 3 saturated heterocycles. The molecule has 3 aliphatic heterocycles. The minimum atomic E-state index is -0.810. The van der Waals surface area contributed by atoms with Crippen molar-refractivity contribution in [3.8, 4) is 33.4 Å². The average molecular weight is 1300 g/mol. The van der Waals surface area contributed by atoms with E-state index in [9.17, 15) is 32.7 Å². The van der Waals surface area contributed by atoms with Crippen molar-refractivity contribution >= 4 is 36.1 Å². The number of ether oxygens (including phenoxy) is 4. The topological polar surface area (TPSA) is 147 Å². The van der Waals surface area contributed by atoms with Crippen molar-refractivity contribution in [2.45, 2.75) is 114 Å². The van der Waals surface area contributed by atoms with E-state index in [2.05, 4.69) is 74.7 Å². The third-order valence-corrected chi connectivity index (χ3v) is 22.1. The largest absolute Gasteiger partial charge is 0.462 e. The van der Waals surface area contributed by atoms with E-state index in [1.54, 1.807) is 36.8 Å². The van der Waals surface area contributed by atoms with Gasteiger partial charge in [0, 0.05) is 53.0 Å². The van der Waals surface area contributed by atoms with Crippen molar-refractivity contribution < 1.29 is 51.6 Å². The molecule has 96 heavy (non-hydrogen) atoms. The maximum absolute atomic E-state index is 13.6.